The van der Waals surface area contributed by atoms with Gasteiger partial charge in [-0.25, -0.2) is 0 Å². The van der Waals surface area contributed by atoms with Crippen molar-refractivity contribution >= 4 is 5.91 Å². The number of halogens is 3. The second kappa shape index (κ2) is 4.82. The molecule has 0 fully saturated rings. The average molecular weight is 235 g/mol. The fourth-order valence-electron chi connectivity index (χ4n) is 1.03. The lowest BCUT2D eigenvalue weighted by atomic mass is 10.4. The Balaban J connectivity index is 2.46. The van der Waals surface area contributed by atoms with Gasteiger partial charge in [-0.1, -0.05) is 0 Å². The highest BCUT2D eigenvalue weighted by Crippen LogP contribution is 2.11. The molecule has 16 heavy (non-hydrogen) atoms. The van der Waals surface area contributed by atoms with E-state index in [2.05, 4.69) is 0 Å². The lowest BCUT2D eigenvalue weighted by Crippen LogP contribution is -2.44. The molecule has 4 nitrogen and oxygen atoms in total. The number of nitrogens with zero attached hydrogens (tertiary/aromatic N) is 1. The predicted molar refractivity (Wildman–Crippen MR) is 47.4 cm³/mol. The van der Waals surface area contributed by atoms with E-state index in [1.54, 1.807) is 5.32 Å². The summed E-state index contributed by atoms with van der Waals surface area (Å²) in [5.74, 6) is -0.834. The maximum atomic E-state index is 11.8. The smallest absolute Gasteiger partial charge is 0.405 e. The Morgan fingerprint density at radius 1 is 1.50 bits per heavy atom. The molecule has 0 aliphatic heterocycles. The summed E-state index contributed by atoms with van der Waals surface area (Å²) in [5, 5.41) is 10.8. The van der Waals surface area contributed by atoms with Crippen molar-refractivity contribution in [2.45, 2.75) is 12.7 Å². The lowest BCUT2D eigenvalue weighted by Gasteiger charge is -2.06. The van der Waals surface area contributed by atoms with Gasteiger partial charge < -0.3 is 10.4 Å². The largest absolute Gasteiger partial charge is 0.503 e. The van der Waals surface area contributed by atoms with Crippen LogP contribution in [0.15, 0.2) is 24.5 Å². The van der Waals surface area contributed by atoms with Crippen molar-refractivity contribution in [3.05, 3.63) is 24.5 Å². The van der Waals surface area contributed by atoms with E-state index in [-0.39, 0.29) is 12.3 Å². The molecule has 0 aromatic carbocycles. The van der Waals surface area contributed by atoms with Gasteiger partial charge in [-0.3, -0.25) is 4.79 Å². The Morgan fingerprint density at radius 2 is 2.19 bits per heavy atom. The zero-order valence-electron chi connectivity index (χ0n) is 8.16. The van der Waals surface area contributed by atoms with Crippen molar-refractivity contribution in [2.24, 2.45) is 0 Å². The van der Waals surface area contributed by atoms with Gasteiger partial charge in [0.1, 0.15) is 6.54 Å². The van der Waals surface area contributed by atoms with Gasteiger partial charge in [-0.05, 0) is 6.07 Å². The summed E-state index contributed by atoms with van der Waals surface area (Å²) < 4.78 is 36.6. The van der Waals surface area contributed by atoms with Crippen LogP contribution in [-0.2, 0) is 11.3 Å². The summed E-state index contributed by atoms with van der Waals surface area (Å²) in [6.07, 6.45) is -1.71. The van der Waals surface area contributed by atoms with Gasteiger partial charge in [-0.15, -0.1) is 0 Å². The number of carbonyl (C=O) groups excluding carboxylic acids is 1. The third kappa shape index (κ3) is 4.63. The number of aromatic hydroxyl groups is 1. The number of alkyl halides is 3. The van der Waals surface area contributed by atoms with E-state index in [0.29, 0.717) is 0 Å². The van der Waals surface area contributed by atoms with Crippen LogP contribution in [0.5, 0.6) is 5.75 Å². The monoisotopic (exact) mass is 235 g/mol. The van der Waals surface area contributed by atoms with Crippen LogP contribution in [0.25, 0.3) is 0 Å². The molecule has 0 aliphatic carbocycles. The second-order valence-corrected chi connectivity index (χ2v) is 3.13. The highest BCUT2D eigenvalue weighted by Gasteiger charge is 2.28. The van der Waals surface area contributed by atoms with Crippen molar-refractivity contribution in [1.82, 2.24) is 5.32 Å². The van der Waals surface area contributed by atoms with E-state index >= 15 is 0 Å². The number of aromatic nitrogens is 1. The highest BCUT2D eigenvalue weighted by atomic mass is 19.4. The molecule has 0 unspecified atom stereocenters. The molecule has 1 heterocycles. The third-order valence-corrected chi connectivity index (χ3v) is 1.65. The molecule has 0 spiro atoms. The molecule has 1 aromatic rings. The van der Waals surface area contributed by atoms with Crippen molar-refractivity contribution < 1.29 is 27.6 Å². The Kier molecular flexibility index (Phi) is 3.70. The van der Waals surface area contributed by atoms with Crippen LogP contribution >= 0.6 is 0 Å². The molecule has 88 valence electrons. The fraction of sp³-hybridized carbons (Fsp3) is 0.333. The van der Waals surface area contributed by atoms with Gasteiger partial charge in [0.05, 0.1) is 0 Å². The minimum Gasteiger partial charge on any atom is -0.503 e. The predicted octanol–water partition coefficient (Wildman–Crippen LogP) is 0.358. The number of pyridine rings is 1. The summed E-state index contributed by atoms with van der Waals surface area (Å²) in [4.78, 5) is 11.1. The van der Waals surface area contributed by atoms with Gasteiger partial charge >= 0.3 is 6.18 Å². The fourth-order valence-corrected chi connectivity index (χ4v) is 1.03. The molecule has 1 amide bonds. The van der Waals surface area contributed by atoms with Gasteiger partial charge in [-0.2, -0.15) is 17.7 Å². The molecule has 1 aromatic heterocycles. The first-order valence-corrected chi connectivity index (χ1v) is 4.38. The molecule has 0 aliphatic rings. The number of hydrogen-bond acceptors (Lipinski definition) is 2. The summed E-state index contributed by atoms with van der Waals surface area (Å²) in [5.41, 5.74) is 0. The van der Waals surface area contributed by atoms with Crippen molar-refractivity contribution in [2.75, 3.05) is 6.54 Å². The van der Waals surface area contributed by atoms with Crippen molar-refractivity contribution in [3.8, 4) is 5.75 Å². The van der Waals surface area contributed by atoms with E-state index in [9.17, 15) is 18.0 Å². The van der Waals surface area contributed by atoms with Crippen LogP contribution in [0.2, 0.25) is 0 Å². The zero-order valence-corrected chi connectivity index (χ0v) is 8.16. The summed E-state index contributed by atoms with van der Waals surface area (Å²) in [6.45, 7) is -1.63. The van der Waals surface area contributed by atoms with Crippen molar-refractivity contribution in [1.29, 1.82) is 0 Å². The zero-order chi connectivity index (χ0) is 12.2. The van der Waals surface area contributed by atoms with Gasteiger partial charge in [0.2, 0.25) is 12.7 Å². The molecule has 2 N–H and O–H groups in total. The molecular weight excluding hydrogens is 225 g/mol. The van der Waals surface area contributed by atoms with E-state index in [4.69, 9.17) is 5.11 Å². The first-order valence-electron chi connectivity index (χ1n) is 4.38. The third-order valence-electron chi connectivity index (χ3n) is 1.65. The molecule has 0 radical (unpaired) electrons. The van der Waals surface area contributed by atoms with Crippen LogP contribution in [0, 0.1) is 0 Å². The van der Waals surface area contributed by atoms with E-state index < -0.39 is 18.6 Å². The molecule has 0 saturated heterocycles. The number of amides is 1. The number of nitrogens with one attached hydrogen (secondary N) is 1. The number of rotatable bonds is 3. The Hall–Kier alpha value is -1.79. The van der Waals surface area contributed by atoms with E-state index in [1.165, 1.54) is 29.1 Å². The Labute approximate surface area is 89.3 Å². The lowest BCUT2D eigenvalue weighted by molar-refractivity contribution is -0.684. The maximum Gasteiger partial charge on any atom is 0.405 e. The second-order valence-electron chi connectivity index (χ2n) is 3.13. The topological polar surface area (TPSA) is 53.2 Å². The summed E-state index contributed by atoms with van der Waals surface area (Å²) in [7, 11) is 0. The van der Waals surface area contributed by atoms with Gasteiger partial charge in [0, 0.05) is 6.07 Å². The number of carbonyl (C=O) groups is 1. The molecule has 0 saturated carbocycles. The molecular formula is C9H10F3N2O2+. The van der Waals surface area contributed by atoms with Crippen LogP contribution in [0.4, 0.5) is 13.2 Å². The van der Waals surface area contributed by atoms with E-state index in [0.717, 1.165) is 0 Å². The first-order chi connectivity index (χ1) is 7.37. The van der Waals surface area contributed by atoms with Gasteiger partial charge in [0.25, 0.3) is 5.91 Å². The quantitative estimate of drug-likeness (QED) is 0.743. The highest BCUT2D eigenvalue weighted by molar-refractivity contribution is 5.74. The van der Waals surface area contributed by atoms with Crippen LogP contribution < -0.4 is 9.88 Å². The maximum absolute atomic E-state index is 11.8. The van der Waals surface area contributed by atoms with E-state index in [1.807, 2.05) is 0 Å². The standard InChI is InChI=1S/C9H9F3N2O2/c10-9(11,12)6-13-8(16)5-14-3-1-2-7(15)4-14/h1-4H,5-6H2,(H-,13,15,16)/p+1. The number of hydrogen-bond donors (Lipinski definition) is 2. The van der Waals surface area contributed by atoms with Crippen LogP contribution in [-0.4, -0.2) is 23.7 Å². The molecule has 7 heteroatoms. The van der Waals surface area contributed by atoms with Crippen LogP contribution in [0.3, 0.4) is 0 Å². The van der Waals surface area contributed by atoms with Crippen LogP contribution in [0.1, 0.15) is 0 Å². The Morgan fingerprint density at radius 3 is 2.75 bits per heavy atom. The molecule has 0 bridgehead atoms. The Bertz CT molecular complexity index is 379. The normalized spacial score (nSPS) is 11.2. The van der Waals surface area contributed by atoms with Gasteiger partial charge in [0.15, 0.2) is 11.9 Å². The summed E-state index contributed by atoms with van der Waals surface area (Å²) >= 11 is 0. The van der Waals surface area contributed by atoms with Crippen molar-refractivity contribution in [3.63, 3.8) is 0 Å². The minimum atomic E-state index is -4.42. The average Bonchev–Trinajstić information content (AvgIpc) is 2.14. The first kappa shape index (κ1) is 12.3. The molecule has 1 rings (SSSR count). The molecule has 0 atom stereocenters. The SMILES string of the molecule is O=C(C[n+]1cccc(O)c1)NCC(F)(F)F. The summed E-state index contributed by atoms with van der Waals surface area (Å²) in [6, 6.07) is 2.87. The minimum absolute atomic E-state index is 0.0638.